The highest BCUT2D eigenvalue weighted by atomic mass is 19.1. The first-order valence-corrected chi connectivity index (χ1v) is 9.35. The van der Waals surface area contributed by atoms with Gasteiger partial charge in [-0.05, 0) is 17.7 Å². The molecule has 10 heteroatoms. The minimum absolute atomic E-state index is 0.0551. The summed E-state index contributed by atoms with van der Waals surface area (Å²) < 4.78 is 19.5. The molecule has 0 saturated carbocycles. The van der Waals surface area contributed by atoms with Gasteiger partial charge < -0.3 is 20.1 Å². The van der Waals surface area contributed by atoms with Crippen LogP contribution in [0.3, 0.4) is 0 Å². The van der Waals surface area contributed by atoms with Crippen LogP contribution in [0.15, 0.2) is 29.1 Å². The Bertz CT molecular complexity index is 1020. The molecule has 2 aromatic rings. The number of hydrogen-bond donors (Lipinski definition) is 2. The molecule has 1 aromatic heterocycles. The van der Waals surface area contributed by atoms with E-state index in [2.05, 4.69) is 10.3 Å². The number of rotatable bonds is 5. The molecule has 30 heavy (non-hydrogen) atoms. The van der Waals surface area contributed by atoms with Crippen LogP contribution < -0.4 is 10.9 Å². The fourth-order valence-corrected chi connectivity index (χ4v) is 3.49. The first kappa shape index (κ1) is 21.4. The van der Waals surface area contributed by atoms with Crippen molar-refractivity contribution in [3.05, 3.63) is 57.5 Å². The van der Waals surface area contributed by atoms with E-state index in [0.29, 0.717) is 18.5 Å². The number of hydrogen-bond acceptors (Lipinski definition) is 6. The van der Waals surface area contributed by atoms with Crippen molar-refractivity contribution in [1.82, 2.24) is 19.8 Å². The SMILES string of the molecule is CO[C@@H]1CC(c2nc(C(=O)NCc3ccc(F)cc3)c(O)c(=O)n2C)N(C(C)=O)C1. The van der Waals surface area contributed by atoms with E-state index in [1.165, 1.54) is 50.2 Å². The Morgan fingerprint density at radius 2 is 2.00 bits per heavy atom. The summed E-state index contributed by atoms with van der Waals surface area (Å²) in [6.07, 6.45) is 0.165. The molecule has 0 spiro atoms. The lowest BCUT2D eigenvalue weighted by Crippen LogP contribution is -2.35. The molecule has 2 atom stereocenters. The van der Waals surface area contributed by atoms with E-state index in [1.54, 1.807) is 0 Å². The zero-order chi connectivity index (χ0) is 22.0. The second-order valence-electron chi connectivity index (χ2n) is 7.12. The van der Waals surface area contributed by atoms with Crippen LogP contribution in [-0.2, 0) is 23.1 Å². The van der Waals surface area contributed by atoms with Gasteiger partial charge in [0.05, 0.1) is 12.1 Å². The Morgan fingerprint density at radius 1 is 1.33 bits per heavy atom. The summed E-state index contributed by atoms with van der Waals surface area (Å²) >= 11 is 0. The monoisotopic (exact) mass is 418 g/mol. The molecule has 3 rings (SSSR count). The van der Waals surface area contributed by atoms with E-state index in [0.717, 1.165) is 4.57 Å². The van der Waals surface area contributed by atoms with Gasteiger partial charge in [0.1, 0.15) is 11.6 Å². The highest BCUT2D eigenvalue weighted by Crippen LogP contribution is 2.32. The van der Waals surface area contributed by atoms with Gasteiger partial charge in [-0.2, -0.15) is 0 Å². The second-order valence-corrected chi connectivity index (χ2v) is 7.12. The van der Waals surface area contributed by atoms with E-state index in [4.69, 9.17) is 4.74 Å². The number of benzene rings is 1. The van der Waals surface area contributed by atoms with Gasteiger partial charge in [0, 0.05) is 40.6 Å². The van der Waals surface area contributed by atoms with Crippen molar-refractivity contribution in [2.75, 3.05) is 13.7 Å². The fraction of sp³-hybridized carbons (Fsp3) is 0.400. The second kappa shape index (κ2) is 8.62. The lowest BCUT2D eigenvalue weighted by molar-refractivity contribution is -0.130. The summed E-state index contributed by atoms with van der Waals surface area (Å²) in [7, 11) is 2.95. The Kier molecular flexibility index (Phi) is 6.16. The smallest absolute Gasteiger partial charge is 0.296 e. The van der Waals surface area contributed by atoms with Gasteiger partial charge in [-0.1, -0.05) is 12.1 Å². The average molecular weight is 418 g/mol. The quantitative estimate of drug-likeness (QED) is 0.745. The summed E-state index contributed by atoms with van der Waals surface area (Å²) in [6, 6.07) is 4.96. The standard InChI is InChI=1S/C20H23FN4O5/c1-11(26)25-10-14(30-3)8-15(25)18-23-16(17(27)20(29)24(18)2)19(28)22-9-12-4-6-13(21)7-5-12/h4-7,14-15,27H,8-10H2,1-3H3,(H,22,28)/t14-,15?/m1/s1. The number of ether oxygens (including phenoxy) is 1. The average Bonchev–Trinajstić information content (AvgIpc) is 3.16. The number of aromatic nitrogens is 2. The molecule has 2 amide bonds. The number of halogens is 1. The first-order valence-electron chi connectivity index (χ1n) is 9.35. The third-order valence-corrected chi connectivity index (χ3v) is 5.18. The number of likely N-dealkylation sites (tertiary alicyclic amines) is 1. The van der Waals surface area contributed by atoms with Gasteiger partial charge in [-0.15, -0.1) is 0 Å². The Labute approximate surface area is 172 Å². The van der Waals surface area contributed by atoms with Crippen LogP contribution >= 0.6 is 0 Å². The number of carbonyl (C=O) groups excluding carboxylic acids is 2. The van der Waals surface area contributed by atoms with Crippen LogP contribution in [0.5, 0.6) is 5.75 Å². The summed E-state index contributed by atoms with van der Waals surface area (Å²) in [5.74, 6) is -1.98. The van der Waals surface area contributed by atoms with Gasteiger partial charge in [0.25, 0.3) is 11.5 Å². The van der Waals surface area contributed by atoms with Crippen molar-refractivity contribution in [3.8, 4) is 5.75 Å². The molecule has 1 aromatic carbocycles. The van der Waals surface area contributed by atoms with E-state index in [-0.39, 0.29) is 24.4 Å². The van der Waals surface area contributed by atoms with E-state index >= 15 is 0 Å². The highest BCUT2D eigenvalue weighted by Gasteiger charge is 2.38. The van der Waals surface area contributed by atoms with Crippen molar-refractivity contribution >= 4 is 11.8 Å². The zero-order valence-electron chi connectivity index (χ0n) is 16.9. The molecule has 1 aliphatic heterocycles. The molecule has 0 aliphatic carbocycles. The lowest BCUT2D eigenvalue weighted by Gasteiger charge is -2.24. The molecule has 0 bridgehead atoms. The molecular formula is C20H23FN4O5. The minimum Gasteiger partial charge on any atom is -0.501 e. The fourth-order valence-electron chi connectivity index (χ4n) is 3.49. The molecule has 1 unspecified atom stereocenters. The van der Waals surface area contributed by atoms with Crippen LogP contribution in [0.25, 0.3) is 0 Å². The van der Waals surface area contributed by atoms with Crippen molar-refractivity contribution in [1.29, 1.82) is 0 Å². The van der Waals surface area contributed by atoms with Crippen molar-refractivity contribution in [2.24, 2.45) is 7.05 Å². The number of amides is 2. The molecule has 0 radical (unpaired) electrons. The van der Waals surface area contributed by atoms with Gasteiger partial charge in [-0.3, -0.25) is 19.0 Å². The van der Waals surface area contributed by atoms with E-state index < -0.39 is 34.8 Å². The summed E-state index contributed by atoms with van der Waals surface area (Å²) in [5, 5.41) is 12.8. The third kappa shape index (κ3) is 4.18. The van der Waals surface area contributed by atoms with Crippen molar-refractivity contribution in [2.45, 2.75) is 32.0 Å². The van der Waals surface area contributed by atoms with Gasteiger partial charge >= 0.3 is 0 Å². The maximum atomic E-state index is 13.0. The predicted molar refractivity (Wildman–Crippen MR) is 104 cm³/mol. The van der Waals surface area contributed by atoms with Crippen molar-refractivity contribution in [3.63, 3.8) is 0 Å². The normalized spacial score (nSPS) is 18.5. The summed E-state index contributed by atoms with van der Waals surface area (Å²) in [5.41, 5.74) is -0.592. The van der Waals surface area contributed by atoms with E-state index in [1.807, 2.05) is 0 Å². The first-order chi connectivity index (χ1) is 14.2. The maximum absolute atomic E-state index is 13.0. The van der Waals surface area contributed by atoms with Gasteiger partial charge in [-0.25, -0.2) is 9.37 Å². The molecule has 1 saturated heterocycles. The molecule has 1 fully saturated rings. The van der Waals surface area contributed by atoms with Crippen LogP contribution in [0.1, 0.15) is 41.3 Å². The molecular weight excluding hydrogens is 395 g/mol. The Morgan fingerprint density at radius 3 is 2.60 bits per heavy atom. The Balaban J connectivity index is 1.91. The molecule has 9 nitrogen and oxygen atoms in total. The summed E-state index contributed by atoms with van der Waals surface area (Å²) in [6.45, 7) is 1.79. The lowest BCUT2D eigenvalue weighted by atomic mass is 10.1. The molecule has 1 aliphatic rings. The summed E-state index contributed by atoms with van der Waals surface area (Å²) in [4.78, 5) is 42.9. The Hall–Kier alpha value is -3.27. The van der Waals surface area contributed by atoms with Crippen LogP contribution in [0.4, 0.5) is 4.39 Å². The van der Waals surface area contributed by atoms with Gasteiger partial charge in [0.2, 0.25) is 11.7 Å². The maximum Gasteiger partial charge on any atom is 0.296 e. The van der Waals surface area contributed by atoms with Gasteiger partial charge in [0.15, 0.2) is 5.69 Å². The molecule has 160 valence electrons. The molecule has 2 N–H and O–H groups in total. The number of nitrogens with one attached hydrogen (secondary N) is 1. The predicted octanol–water partition coefficient (Wildman–Crippen LogP) is 0.863. The molecule has 2 heterocycles. The third-order valence-electron chi connectivity index (χ3n) is 5.18. The minimum atomic E-state index is -0.795. The van der Waals surface area contributed by atoms with Crippen LogP contribution in [0.2, 0.25) is 0 Å². The van der Waals surface area contributed by atoms with Crippen LogP contribution in [0, 0.1) is 5.82 Å². The number of nitrogens with zero attached hydrogens (tertiary/aromatic N) is 3. The largest absolute Gasteiger partial charge is 0.501 e. The number of aromatic hydroxyl groups is 1. The zero-order valence-corrected chi connectivity index (χ0v) is 16.9. The van der Waals surface area contributed by atoms with E-state index in [9.17, 15) is 23.9 Å². The van der Waals surface area contributed by atoms with Crippen molar-refractivity contribution < 1.29 is 23.8 Å². The number of carbonyl (C=O) groups is 2. The highest BCUT2D eigenvalue weighted by molar-refractivity contribution is 5.94. The van der Waals surface area contributed by atoms with Crippen LogP contribution in [-0.4, -0.2) is 51.1 Å². The topological polar surface area (TPSA) is 114 Å². The number of methoxy groups -OCH3 is 1.